The van der Waals surface area contributed by atoms with E-state index in [1.165, 1.54) is 16.2 Å². The monoisotopic (exact) mass is 401 g/mol. The number of hydrogen-bond acceptors (Lipinski definition) is 6. The molecule has 0 unspecified atom stereocenters. The third-order valence-electron chi connectivity index (χ3n) is 3.55. The van der Waals surface area contributed by atoms with Crippen LogP contribution < -0.4 is 5.32 Å². The molecule has 3 rings (SSSR count). The van der Waals surface area contributed by atoms with Gasteiger partial charge >= 0.3 is 0 Å². The van der Waals surface area contributed by atoms with E-state index in [0.717, 1.165) is 27.4 Å². The maximum atomic E-state index is 12.2. The number of carbonyl (C=O) groups excluding carboxylic acids is 2. The van der Waals surface area contributed by atoms with Gasteiger partial charge in [0.25, 0.3) is 5.24 Å². The van der Waals surface area contributed by atoms with Crippen molar-refractivity contribution in [3.05, 3.63) is 53.2 Å². The van der Waals surface area contributed by atoms with Crippen molar-refractivity contribution in [2.45, 2.75) is 18.2 Å². The van der Waals surface area contributed by atoms with Crippen LogP contribution in [0.5, 0.6) is 0 Å². The first-order valence-electron chi connectivity index (χ1n) is 8.21. The largest absolute Gasteiger partial charge is 0.459 e. The van der Waals surface area contributed by atoms with E-state index in [2.05, 4.69) is 10.3 Å². The summed E-state index contributed by atoms with van der Waals surface area (Å²) >= 11 is 2.59. The molecule has 0 aliphatic rings. The van der Waals surface area contributed by atoms with Crippen molar-refractivity contribution in [3.63, 3.8) is 0 Å². The molecule has 1 aromatic carbocycles. The normalized spacial score (nSPS) is 10.6. The third kappa shape index (κ3) is 5.21. The molecule has 0 aliphatic carbocycles. The average Bonchev–Trinajstić information content (AvgIpc) is 3.25. The molecule has 2 aromatic heterocycles. The summed E-state index contributed by atoms with van der Waals surface area (Å²) in [5.74, 6) is 1.39. The Balaban J connectivity index is 1.56. The molecular formula is C19H19N3O3S2. The van der Waals surface area contributed by atoms with E-state index < -0.39 is 0 Å². The summed E-state index contributed by atoms with van der Waals surface area (Å²) in [4.78, 5) is 30.7. The minimum atomic E-state index is -0.146. The minimum absolute atomic E-state index is 0.0436. The quantitative estimate of drug-likeness (QED) is 0.629. The highest BCUT2D eigenvalue weighted by Crippen LogP contribution is 2.26. The summed E-state index contributed by atoms with van der Waals surface area (Å²) in [5, 5.41) is 5.42. The van der Waals surface area contributed by atoms with Crippen molar-refractivity contribution in [2.75, 3.05) is 19.4 Å². The predicted molar refractivity (Wildman–Crippen MR) is 108 cm³/mol. The van der Waals surface area contributed by atoms with E-state index in [1.54, 1.807) is 26.2 Å². The summed E-state index contributed by atoms with van der Waals surface area (Å²) < 4.78 is 5.56. The number of thioether (sulfide) groups is 1. The molecule has 2 amide bonds. The van der Waals surface area contributed by atoms with Crippen molar-refractivity contribution in [1.82, 2.24) is 9.88 Å². The number of aryl methyl sites for hydroxylation is 1. The first-order chi connectivity index (χ1) is 12.9. The van der Waals surface area contributed by atoms with E-state index in [9.17, 15) is 9.59 Å². The molecule has 0 saturated carbocycles. The zero-order valence-electron chi connectivity index (χ0n) is 15.2. The zero-order chi connectivity index (χ0) is 19.4. The number of thiazole rings is 1. The Hall–Kier alpha value is -2.58. The molecule has 0 spiro atoms. The van der Waals surface area contributed by atoms with Gasteiger partial charge in [0.2, 0.25) is 5.91 Å². The van der Waals surface area contributed by atoms with Crippen molar-refractivity contribution in [3.8, 4) is 10.8 Å². The van der Waals surface area contributed by atoms with Crippen LogP contribution in [0.25, 0.3) is 10.8 Å². The molecule has 0 radical (unpaired) electrons. The fourth-order valence-electron chi connectivity index (χ4n) is 2.22. The Morgan fingerprint density at radius 1 is 1.19 bits per heavy atom. The summed E-state index contributed by atoms with van der Waals surface area (Å²) in [6, 6.07) is 10.9. The second-order valence-corrected chi connectivity index (χ2v) is 7.95. The first kappa shape index (κ1) is 19.2. The predicted octanol–water partition coefficient (Wildman–Crippen LogP) is 4.67. The summed E-state index contributed by atoms with van der Waals surface area (Å²) in [6.07, 6.45) is 0.186. The summed E-state index contributed by atoms with van der Waals surface area (Å²) in [5.41, 5.74) is 1.38. The molecule has 27 heavy (non-hydrogen) atoms. The molecule has 0 atom stereocenters. The number of amides is 2. The Kier molecular flexibility index (Phi) is 5.98. The Morgan fingerprint density at radius 2 is 1.93 bits per heavy atom. The average molecular weight is 402 g/mol. The fraction of sp³-hybridized carbons (Fsp3) is 0.211. The minimum Gasteiger partial charge on any atom is -0.459 e. The van der Waals surface area contributed by atoms with E-state index in [0.29, 0.717) is 17.1 Å². The number of aromatic nitrogens is 1. The van der Waals surface area contributed by atoms with E-state index >= 15 is 0 Å². The lowest BCUT2D eigenvalue weighted by molar-refractivity contribution is -0.115. The highest BCUT2D eigenvalue weighted by Gasteiger charge is 2.12. The standard InChI is InChI=1S/C19H19N3O3S2/c1-12-4-9-16(25-12)18-21-14(11-26-18)10-17(23)20-13-5-7-15(8-6-13)27-19(24)22(2)3/h4-9,11H,10H2,1-3H3,(H,20,23). The van der Waals surface area contributed by atoms with Gasteiger partial charge in [0.15, 0.2) is 10.8 Å². The molecule has 0 bridgehead atoms. The number of rotatable bonds is 5. The maximum Gasteiger partial charge on any atom is 0.285 e. The van der Waals surface area contributed by atoms with E-state index in [4.69, 9.17) is 4.42 Å². The molecular weight excluding hydrogens is 382 g/mol. The second-order valence-electron chi connectivity index (χ2n) is 6.07. The molecule has 0 saturated heterocycles. The van der Waals surface area contributed by atoms with E-state index in [1.807, 2.05) is 36.6 Å². The highest BCUT2D eigenvalue weighted by atomic mass is 32.2. The lowest BCUT2D eigenvalue weighted by Crippen LogP contribution is -2.16. The van der Waals surface area contributed by atoms with Gasteiger partial charge in [-0.25, -0.2) is 4.98 Å². The number of nitrogens with one attached hydrogen (secondary N) is 1. The lowest BCUT2D eigenvalue weighted by Gasteiger charge is -2.09. The number of furan rings is 1. The smallest absolute Gasteiger partial charge is 0.285 e. The Labute approximate surface area is 165 Å². The lowest BCUT2D eigenvalue weighted by atomic mass is 10.3. The van der Waals surface area contributed by atoms with Gasteiger partial charge in [-0.2, -0.15) is 0 Å². The maximum absolute atomic E-state index is 12.2. The van der Waals surface area contributed by atoms with Gasteiger partial charge in [0.1, 0.15) is 5.76 Å². The SMILES string of the molecule is Cc1ccc(-c2nc(CC(=O)Nc3ccc(SC(=O)N(C)C)cc3)cs2)o1. The molecule has 140 valence electrons. The van der Waals surface area contributed by atoms with Crippen molar-refractivity contribution >= 4 is 39.9 Å². The van der Waals surface area contributed by atoms with Crippen LogP contribution in [-0.2, 0) is 11.2 Å². The van der Waals surface area contributed by atoms with Gasteiger partial charge in [-0.15, -0.1) is 11.3 Å². The Bertz CT molecular complexity index is 945. The highest BCUT2D eigenvalue weighted by molar-refractivity contribution is 8.13. The van der Waals surface area contributed by atoms with Crippen LogP contribution in [-0.4, -0.2) is 35.1 Å². The fourth-order valence-corrected chi connectivity index (χ4v) is 3.65. The van der Waals surface area contributed by atoms with Gasteiger partial charge in [-0.1, -0.05) is 0 Å². The number of benzene rings is 1. The summed E-state index contributed by atoms with van der Waals surface area (Å²) in [6.45, 7) is 1.88. The number of anilines is 1. The van der Waals surface area contributed by atoms with Crippen molar-refractivity contribution in [2.24, 2.45) is 0 Å². The number of hydrogen-bond donors (Lipinski definition) is 1. The van der Waals surface area contributed by atoms with Gasteiger partial charge in [-0.3, -0.25) is 9.59 Å². The molecule has 3 aromatic rings. The molecule has 2 heterocycles. The van der Waals surface area contributed by atoms with Crippen LogP contribution in [0.4, 0.5) is 10.5 Å². The van der Waals surface area contributed by atoms with Gasteiger partial charge in [-0.05, 0) is 55.1 Å². The number of nitrogens with zero attached hydrogens (tertiary/aromatic N) is 2. The van der Waals surface area contributed by atoms with E-state index in [-0.39, 0.29) is 17.6 Å². The summed E-state index contributed by atoms with van der Waals surface area (Å²) in [7, 11) is 3.42. The molecule has 0 fully saturated rings. The second kappa shape index (κ2) is 8.41. The van der Waals surface area contributed by atoms with Crippen LogP contribution in [0.2, 0.25) is 0 Å². The molecule has 0 aliphatic heterocycles. The molecule has 6 nitrogen and oxygen atoms in total. The number of carbonyl (C=O) groups is 2. The van der Waals surface area contributed by atoms with Gasteiger partial charge < -0.3 is 14.6 Å². The van der Waals surface area contributed by atoms with Crippen molar-refractivity contribution < 1.29 is 14.0 Å². The van der Waals surface area contributed by atoms with Gasteiger partial charge in [0, 0.05) is 30.1 Å². The van der Waals surface area contributed by atoms with Crippen molar-refractivity contribution in [1.29, 1.82) is 0 Å². The molecule has 8 heteroatoms. The Morgan fingerprint density at radius 3 is 2.56 bits per heavy atom. The van der Waals surface area contributed by atoms with Crippen LogP contribution in [0, 0.1) is 6.92 Å². The van der Waals surface area contributed by atoms with Gasteiger partial charge in [0.05, 0.1) is 12.1 Å². The third-order valence-corrected chi connectivity index (χ3v) is 5.51. The molecule has 1 N–H and O–H groups in total. The van der Waals surface area contributed by atoms with Crippen LogP contribution in [0.1, 0.15) is 11.5 Å². The zero-order valence-corrected chi connectivity index (χ0v) is 16.8. The van der Waals surface area contributed by atoms with Crippen LogP contribution in [0.15, 0.2) is 51.1 Å². The van der Waals surface area contributed by atoms with Crippen LogP contribution >= 0.6 is 23.1 Å². The topological polar surface area (TPSA) is 75.4 Å². The first-order valence-corrected chi connectivity index (χ1v) is 9.90. The van der Waals surface area contributed by atoms with Crippen LogP contribution in [0.3, 0.4) is 0 Å².